The summed E-state index contributed by atoms with van der Waals surface area (Å²) in [7, 11) is 0. The molecule has 86 valence electrons. The molecule has 16 heavy (non-hydrogen) atoms. The van der Waals surface area contributed by atoms with Gasteiger partial charge in [-0.15, -0.1) is 0 Å². The Morgan fingerprint density at radius 1 is 1.56 bits per heavy atom. The number of carboxylic acid groups (broad SMARTS) is 1. The number of hydrogen-bond donors (Lipinski definition) is 2. The summed E-state index contributed by atoms with van der Waals surface area (Å²) in [5.74, 6) is -2.42. The first kappa shape index (κ1) is 12.1. The van der Waals surface area contributed by atoms with Crippen molar-refractivity contribution in [2.24, 2.45) is 0 Å². The molecular weight excluding hydrogens is 215 g/mol. The van der Waals surface area contributed by atoms with E-state index >= 15 is 0 Å². The lowest BCUT2D eigenvalue weighted by molar-refractivity contribution is -0.139. The number of pyridine rings is 1. The van der Waals surface area contributed by atoms with E-state index in [2.05, 4.69) is 10.3 Å². The molecule has 1 atom stereocenters. The number of carbonyl (C=O) groups excluding carboxylic acids is 1. The minimum atomic E-state index is -1.12. The lowest BCUT2D eigenvalue weighted by atomic mass is 10.2. The normalized spacial score (nSPS) is 11.9. The van der Waals surface area contributed by atoms with E-state index in [1.807, 2.05) is 0 Å². The topological polar surface area (TPSA) is 79.3 Å². The van der Waals surface area contributed by atoms with Crippen LogP contribution < -0.4 is 5.32 Å². The van der Waals surface area contributed by atoms with Gasteiger partial charge in [0.15, 0.2) is 0 Å². The highest BCUT2D eigenvalue weighted by atomic mass is 19.1. The van der Waals surface area contributed by atoms with Gasteiger partial charge in [0.25, 0.3) is 5.91 Å². The molecule has 0 aliphatic rings. The average Bonchev–Trinajstić information content (AvgIpc) is 2.25. The molecule has 0 aliphatic carbocycles. The number of aromatic nitrogens is 1. The highest BCUT2D eigenvalue weighted by Crippen LogP contribution is 2.02. The third-order valence-electron chi connectivity index (χ3n) is 1.98. The van der Waals surface area contributed by atoms with Gasteiger partial charge in [-0.05, 0) is 12.5 Å². The van der Waals surface area contributed by atoms with Crippen LogP contribution in [0, 0.1) is 5.82 Å². The third kappa shape index (κ3) is 3.01. The van der Waals surface area contributed by atoms with Crippen LogP contribution in [0.1, 0.15) is 23.7 Å². The minimum absolute atomic E-state index is 0.000278. The molecule has 0 fully saturated rings. The van der Waals surface area contributed by atoms with Crippen molar-refractivity contribution in [3.8, 4) is 0 Å². The van der Waals surface area contributed by atoms with Gasteiger partial charge in [-0.1, -0.05) is 6.92 Å². The second-order valence-corrected chi connectivity index (χ2v) is 3.16. The van der Waals surface area contributed by atoms with Gasteiger partial charge in [0.1, 0.15) is 11.9 Å². The van der Waals surface area contributed by atoms with E-state index in [1.54, 1.807) is 6.92 Å². The van der Waals surface area contributed by atoms with E-state index in [-0.39, 0.29) is 12.0 Å². The summed E-state index contributed by atoms with van der Waals surface area (Å²) in [6.45, 7) is 1.63. The monoisotopic (exact) mass is 226 g/mol. The van der Waals surface area contributed by atoms with Crippen LogP contribution in [-0.4, -0.2) is 28.0 Å². The quantitative estimate of drug-likeness (QED) is 0.796. The standard InChI is InChI=1S/C10H11FN2O3/c1-2-8(10(15)16)13-9(14)6-3-7(11)5-12-4-6/h3-5,8H,2H2,1H3,(H,13,14)(H,15,16)/t8-/m1/s1. The molecule has 0 aliphatic heterocycles. The Morgan fingerprint density at radius 3 is 2.75 bits per heavy atom. The number of carbonyl (C=O) groups is 2. The number of hydrogen-bond acceptors (Lipinski definition) is 3. The maximum atomic E-state index is 12.7. The average molecular weight is 226 g/mol. The van der Waals surface area contributed by atoms with Crippen molar-refractivity contribution in [3.05, 3.63) is 29.8 Å². The summed E-state index contributed by atoms with van der Waals surface area (Å²) >= 11 is 0. The Labute approximate surface area is 91.3 Å². The van der Waals surface area contributed by atoms with Gasteiger partial charge in [-0.2, -0.15) is 0 Å². The first-order chi connectivity index (χ1) is 7.54. The Balaban J connectivity index is 2.75. The van der Waals surface area contributed by atoms with Gasteiger partial charge in [0.05, 0.1) is 11.8 Å². The number of nitrogens with zero attached hydrogens (tertiary/aromatic N) is 1. The van der Waals surface area contributed by atoms with Crippen molar-refractivity contribution in [1.82, 2.24) is 10.3 Å². The fourth-order valence-corrected chi connectivity index (χ4v) is 1.12. The van der Waals surface area contributed by atoms with E-state index in [0.29, 0.717) is 0 Å². The van der Waals surface area contributed by atoms with Gasteiger partial charge >= 0.3 is 5.97 Å². The predicted molar refractivity (Wildman–Crippen MR) is 53.4 cm³/mol. The molecule has 6 heteroatoms. The third-order valence-corrected chi connectivity index (χ3v) is 1.98. The van der Waals surface area contributed by atoms with Crippen molar-refractivity contribution < 1.29 is 19.1 Å². The number of halogens is 1. The van der Waals surface area contributed by atoms with E-state index in [9.17, 15) is 14.0 Å². The first-order valence-corrected chi connectivity index (χ1v) is 4.68. The molecule has 1 aromatic heterocycles. The fourth-order valence-electron chi connectivity index (χ4n) is 1.12. The summed E-state index contributed by atoms with van der Waals surface area (Å²) < 4.78 is 12.7. The SMILES string of the molecule is CC[C@@H](NC(=O)c1cncc(F)c1)C(=O)O. The van der Waals surface area contributed by atoms with E-state index < -0.39 is 23.7 Å². The molecular formula is C10H11FN2O3. The van der Waals surface area contributed by atoms with Crippen molar-refractivity contribution in [2.75, 3.05) is 0 Å². The molecule has 0 bridgehead atoms. The lowest BCUT2D eigenvalue weighted by Crippen LogP contribution is -2.40. The fraction of sp³-hybridized carbons (Fsp3) is 0.300. The zero-order valence-corrected chi connectivity index (χ0v) is 8.61. The van der Waals surface area contributed by atoms with Crippen LogP contribution >= 0.6 is 0 Å². The molecule has 0 radical (unpaired) electrons. The van der Waals surface area contributed by atoms with Crippen LogP contribution in [0.4, 0.5) is 4.39 Å². The van der Waals surface area contributed by atoms with Gasteiger partial charge in [-0.25, -0.2) is 9.18 Å². The predicted octanol–water partition coefficient (Wildman–Crippen LogP) is 0.814. The zero-order chi connectivity index (χ0) is 12.1. The summed E-state index contributed by atoms with van der Waals surface area (Å²) in [5, 5.41) is 11.0. The van der Waals surface area contributed by atoms with Crippen LogP contribution in [0.2, 0.25) is 0 Å². The molecule has 1 heterocycles. The second-order valence-electron chi connectivity index (χ2n) is 3.16. The van der Waals surface area contributed by atoms with Crippen LogP contribution in [0.3, 0.4) is 0 Å². The van der Waals surface area contributed by atoms with Gasteiger partial charge in [0, 0.05) is 6.20 Å². The largest absolute Gasteiger partial charge is 0.480 e. The number of nitrogens with one attached hydrogen (secondary N) is 1. The Morgan fingerprint density at radius 2 is 2.25 bits per heavy atom. The van der Waals surface area contributed by atoms with Crippen molar-refractivity contribution in [3.63, 3.8) is 0 Å². The van der Waals surface area contributed by atoms with Gasteiger partial charge in [-0.3, -0.25) is 9.78 Å². The summed E-state index contributed by atoms with van der Waals surface area (Å²) in [4.78, 5) is 25.6. The van der Waals surface area contributed by atoms with Crippen molar-refractivity contribution in [2.45, 2.75) is 19.4 Å². The van der Waals surface area contributed by atoms with Gasteiger partial charge in [0.2, 0.25) is 0 Å². The highest BCUT2D eigenvalue weighted by Gasteiger charge is 2.18. The lowest BCUT2D eigenvalue weighted by Gasteiger charge is -2.11. The molecule has 0 spiro atoms. The van der Waals surface area contributed by atoms with Crippen molar-refractivity contribution >= 4 is 11.9 Å². The first-order valence-electron chi connectivity index (χ1n) is 4.68. The number of aliphatic carboxylic acids is 1. The van der Waals surface area contributed by atoms with Crippen molar-refractivity contribution in [1.29, 1.82) is 0 Å². The highest BCUT2D eigenvalue weighted by molar-refractivity contribution is 5.96. The minimum Gasteiger partial charge on any atom is -0.480 e. The Bertz CT molecular complexity index is 409. The zero-order valence-electron chi connectivity index (χ0n) is 8.61. The molecule has 1 amide bonds. The summed E-state index contributed by atoms with van der Waals surface area (Å²) in [6, 6.07) is 0.0208. The van der Waals surface area contributed by atoms with E-state index in [0.717, 1.165) is 12.3 Å². The molecule has 1 rings (SSSR count). The molecule has 1 aromatic rings. The number of rotatable bonds is 4. The molecule has 0 unspecified atom stereocenters. The summed E-state index contributed by atoms with van der Waals surface area (Å²) in [6.07, 6.45) is 2.39. The second kappa shape index (κ2) is 5.20. The molecule has 0 aromatic carbocycles. The van der Waals surface area contributed by atoms with Gasteiger partial charge < -0.3 is 10.4 Å². The Hall–Kier alpha value is -1.98. The molecule has 0 saturated heterocycles. The van der Waals surface area contributed by atoms with Crippen LogP contribution in [0.5, 0.6) is 0 Å². The molecule has 2 N–H and O–H groups in total. The molecule has 0 saturated carbocycles. The Kier molecular flexibility index (Phi) is 3.93. The smallest absolute Gasteiger partial charge is 0.326 e. The van der Waals surface area contributed by atoms with Crippen LogP contribution in [0.15, 0.2) is 18.5 Å². The number of amides is 1. The maximum absolute atomic E-state index is 12.7. The summed E-state index contributed by atoms with van der Waals surface area (Å²) in [5.41, 5.74) is -0.000278. The van der Waals surface area contributed by atoms with E-state index in [1.165, 1.54) is 6.20 Å². The van der Waals surface area contributed by atoms with Crippen LogP contribution in [0.25, 0.3) is 0 Å². The van der Waals surface area contributed by atoms with Crippen LogP contribution in [-0.2, 0) is 4.79 Å². The van der Waals surface area contributed by atoms with E-state index in [4.69, 9.17) is 5.11 Å². The number of carboxylic acids is 1. The molecule has 5 nitrogen and oxygen atoms in total. The maximum Gasteiger partial charge on any atom is 0.326 e.